The van der Waals surface area contributed by atoms with Crippen LogP contribution in [0.25, 0.3) is 44.1 Å². The highest BCUT2D eigenvalue weighted by Crippen LogP contribution is 2.52. The average Bonchev–Trinajstić information content (AvgIpc) is 3.70. The van der Waals surface area contributed by atoms with Gasteiger partial charge in [-0.2, -0.15) is 5.01 Å². The number of fused-ring (bicyclic) bond motifs is 6. The van der Waals surface area contributed by atoms with Crippen molar-refractivity contribution in [1.82, 2.24) is 14.6 Å². The van der Waals surface area contributed by atoms with E-state index in [0.717, 1.165) is 19.6 Å². The summed E-state index contributed by atoms with van der Waals surface area (Å²) in [4.78, 5) is 0. The lowest BCUT2D eigenvalue weighted by molar-refractivity contribution is 0.258. The molecule has 0 bridgehead atoms. The van der Waals surface area contributed by atoms with Crippen LogP contribution >= 0.6 is 0 Å². The molecule has 3 aliphatic rings. The van der Waals surface area contributed by atoms with E-state index < -0.39 is 0 Å². The van der Waals surface area contributed by atoms with E-state index in [-0.39, 0.29) is 17.0 Å². The molecule has 1 aromatic heterocycles. The Labute approximate surface area is 306 Å². The van der Waals surface area contributed by atoms with E-state index in [4.69, 9.17) is 0 Å². The number of aromatic nitrogens is 1. The summed E-state index contributed by atoms with van der Waals surface area (Å²) in [5.41, 5.74) is 14.6. The first-order chi connectivity index (χ1) is 25.4. The van der Waals surface area contributed by atoms with Gasteiger partial charge in [-0.15, -0.1) is 0 Å². The number of allylic oxidation sites excluding steroid dienone is 4. The van der Waals surface area contributed by atoms with Gasteiger partial charge in [-0.3, -0.25) is 0 Å². The Kier molecular flexibility index (Phi) is 7.08. The van der Waals surface area contributed by atoms with Crippen LogP contribution in [0.1, 0.15) is 61.2 Å². The highest BCUT2D eigenvalue weighted by atomic mass is 15.9. The van der Waals surface area contributed by atoms with Crippen LogP contribution in [0.5, 0.6) is 0 Å². The zero-order valence-electron chi connectivity index (χ0n) is 30.1. The number of hydrogen-bond acceptors (Lipinski definition) is 2. The van der Waals surface area contributed by atoms with Crippen molar-refractivity contribution in [2.75, 3.05) is 0 Å². The second kappa shape index (κ2) is 11.8. The normalized spacial score (nSPS) is 22.5. The highest BCUT2D eigenvalue weighted by molar-refractivity contribution is 6.10. The summed E-state index contributed by atoms with van der Waals surface area (Å²) in [7, 11) is 0. The smallest absolute Gasteiger partial charge is 0.117 e. The lowest BCUT2D eigenvalue weighted by Crippen LogP contribution is -2.20. The van der Waals surface area contributed by atoms with E-state index in [1.165, 1.54) is 71.9 Å². The Bertz CT molecular complexity index is 2560. The van der Waals surface area contributed by atoms with Gasteiger partial charge >= 0.3 is 0 Å². The van der Waals surface area contributed by atoms with Crippen LogP contribution in [0.15, 0.2) is 164 Å². The van der Waals surface area contributed by atoms with E-state index in [1.807, 2.05) is 0 Å². The van der Waals surface area contributed by atoms with Crippen LogP contribution in [0, 0.1) is 0 Å². The molecule has 4 atom stereocenters. The molecular weight excluding hydrogens is 631 g/mol. The molecule has 1 fully saturated rings. The number of hydrogen-bond donors (Lipinski definition) is 0. The van der Waals surface area contributed by atoms with Gasteiger partial charge in [0, 0.05) is 28.1 Å². The van der Waals surface area contributed by atoms with Crippen LogP contribution in [0.3, 0.4) is 0 Å². The highest BCUT2D eigenvalue weighted by Gasteiger charge is 2.47. The molecule has 7 aromatic rings. The molecule has 254 valence electrons. The molecule has 0 amide bonds. The molecule has 1 saturated heterocycles. The topological polar surface area (TPSA) is 10.9 Å². The van der Waals surface area contributed by atoms with Gasteiger partial charge in [0.25, 0.3) is 0 Å². The average molecular weight is 674 g/mol. The zero-order valence-corrected chi connectivity index (χ0v) is 30.1. The molecule has 3 heteroatoms. The van der Waals surface area contributed by atoms with Crippen LogP contribution < -0.4 is 0 Å². The Morgan fingerprint density at radius 2 is 1.35 bits per heavy atom. The quantitative estimate of drug-likeness (QED) is 0.156. The molecule has 10 rings (SSSR count). The Morgan fingerprint density at radius 1 is 0.596 bits per heavy atom. The first kappa shape index (κ1) is 31.3. The second-order valence-electron chi connectivity index (χ2n) is 15.7. The number of para-hydroxylation sites is 1. The van der Waals surface area contributed by atoms with Gasteiger partial charge in [0.2, 0.25) is 0 Å². The molecule has 0 saturated carbocycles. The predicted octanol–water partition coefficient (Wildman–Crippen LogP) is 11.9. The molecule has 2 aliphatic carbocycles. The van der Waals surface area contributed by atoms with Crippen molar-refractivity contribution in [2.24, 2.45) is 0 Å². The monoisotopic (exact) mass is 673 g/mol. The van der Waals surface area contributed by atoms with Gasteiger partial charge in [0.1, 0.15) is 6.17 Å². The zero-order chi connectivity index (χ0) is 35.0. The molecule has 0 N–H and O–H groups in total. The van der Waals surface area contributed by atoms with Gasteiger partial charge in [-0.05, 0) is 80.8 Å². The maximum absolute atomic E-state index is 2.58. The molecule has 2 unspecified atom stereocenters. The van der Waals surface area contributed by atoms with Crippen LogP contribution in [0.2, 0.25) is 0 Å². The molecular formula is C49H43N3. The third-order valence-corrected chi connectivity index (χ3v) is 12.1. The van der Waals surface area contributed by atoms with E-state index in [1.54, 1.807) is 0 Å². The summed E-state index contributed by atoms with van der Waals surface area (Å²) in [6.45, 7) is 8.76. The van der Waals surface area contributed by atoms with Crippen LogP contribution in [0.4, 0.5) is 0 Å². The summed E-state index contributed by atoms with van der Waals surface area (Å²) >= 11 is 0. The molecule has 2 heterocycles. The fourth-order valence-electron chi connectivity index (χ4n) is 9.10. The minimum absolute atomic E-state index is 0.0592. The van der Waals surface area contributed by atoms with Crippen molar-refractivity contribution >= 4 is 21.8 Å². The first-order valence-corrected chi connectivity index (χ1v) is 18.7. The van der Waals surface area contributed by atoms with Gasteiger partial charge in [-0.25, -0.2) is 5.01 Å². The summed E-state index contributed by atoms with van der Waals surface area (Å²) in [6.07, 6.45) is 10.2. The van der Waals surface area contributed by atoms with Gasteiger partial charge in [-0.1, -0.05) is 160 Å². The first-order valence-electron chi connectivity index (χ1n) is 18.7. The number of benzene rings is 6. The van der Waals surface area contributed by atoms with Crippen molar-refractivity contribution < 1.29 is 0 Å². The maximum Gasteiger partial charge on any atom is 0.117 e. The van der Waals surface area contributed by atoms with Crippen LogP contribution in [-0.2, 0) is 24.0 Å². The summed E-state index contributed by atoms with van der Waals surface area (Å²) < 4.78 is 2.57. The number of nitrogens with zero attached hydrogens (tertiary/aromatic N) is 3. The third-order valence-electron chi connectivity index (χ3n) is 12.1. The molecule has 0 spiro atoms. The Hall–Kier alpha value is -5.48. The van der Waals surface area contributed by atoms with E-state index in [0.29, 0.717) is 0 Å². The van der Waals surface area contributed by atoms with Crippen molar-refractivity contribution in [3.05, 3.63) is 192 Å². The Balaban J connectivity index is 1.12. The molecule has 3 nitrogen and oxygen atoms in total. The minimum Gasteiger partial charge on any atom is -0.325 e. The van der Waals surface area contributed by atoms with E-state index in [9.17, 15) is 0 Å². The standard InChI is InChI=1S/C49H43N3/c1-48(2)43-23-13-11-21-39(43)41-30-42-40-22-12-14-24-45(40)50(46(42)31-44(41)48)33-52-47(51(52)32-34-17-7-4-8-18-34)37-27-36(35-19-9-5-10-20-35)28-38(29-37)49(3)25-15-6-16-26-49/h4-25,27-31,47H,26,32-33H2,1-3H3/t47?,49?,51-,52+/m1/s1. The molecule has 6 aromatic carbocycles. The summed E-state index contributed by atoms with van der Waals surface area (Å²) in [5.74, 6) is 0. The van der Waals surface area contributed by atoms with Gasteiger partial charge in [0.05, 0.1) is 17.7 Å². The van der Waals surface area contributed by atoms with Crippen molar-refractivity contribution in [3.8, 4) is 22.3 Å². The Morgan fingerprint density at radius 3 is 2.15 bits per heavy atom. The lowest BCUT2D eigenvalue weighted by Gasteiger charge is -2.28. The minimum atomic E-state index is -0.0597. The molecule has 1 aliphatic heterocycles. The predicted molar refractivity (Wildman–Crippen MR) is 216 cm³/mol. The van der Waals surface area contributed by atoms with Gasteiger partial charge in [0.15, 0.2) is 0 Å². The van der Waals surface area contributed by atoms with Crippen molar-refractivity contribution in [2.45, 2.75) is 57.4 Å². The van der Waals surface area contributed by atoms with Crippen molar-refractivity contribution in [1.29, 1.82) is 0 Å². The molecule has 0 radical (unpaired) electrons. The van der Waals surface area contributed by atoms with Crippen molar-refractivity contribution in [3.63, 3.8) is 0 Å². The van der Waals surface area contributed by atoms with Gasteiger partial charge < -0.3 is 4.57 Å². The lowest BCUT2D eigenvalue weighted by atomic mass is 9.76. The van der Waals surface area contributed by atoms with E-state index >= 15 is 0 Å². The van der Waals surface area contributed by atoms with Crippen LogP contribution in [-0.4, -0.2) is 14.6 Å². The largest absolute Gasteiger partial charge is 0.325 e. The SMILES string of the molecule is CC1(c2cc(-c3ccccc3)cc(C3[N@@](Cc4ccccc4)[N@@]3Cn3c4ccccc4c4cc5c(cc43)C(C)(C)c3ccccc3-5)c2)C=CC=CC1. The second-order valence-corrected chi connectivity index (χ2v) is 15.7. The number of rotatable bonds is 7. The summed E-state index contributed by atoms with van der Waals surface area (Å²) in [5, 5.41) is 7.79. The fraction of sp³-hybridized carbons (Fsp3) is 0.184. The third kappa shape index (κ3) is 4.95. The number of hydrazine groups is 1. The van der Waals surface area contributed by atoms with E-state index in [2.05, 4.69) is 199 Å². The molecule has 52 heavy (non-hydrogen) atoms. The fourth-order valence-corrected chi connectivity index (χ4v) is 9.10. The maximum atomic E-state index is 2.58. The summed E-state index contributed by atoms with van der Waals surface area (Å²) in [6, 6.07) is 52.1.